The largest absolute Gasteiger partial charge is 0.316 e. The van der Waals surface area contributed by atoms with E-state index in [9.17, 15) is 4.79 Å². The molecule has 1 aromatic carbocycles. The standard InChI is InChI=1S/C15H17N3OS/c19-14(18-15-17-7-8-20-15)13-3-1-11(2-4-13)9-12-5-6-16-10-12/h1-4,7-8,12,16H,5-6,9-10H2,(H,17,18,19). The topological polar surface area (TPSA) is 54.0 Å². The van der Waals surface area contributed by atoms with Crippen LogP contribution in [0.4, 0.5) is 5.13 Å². The summed E-state index contributed by atoms with van der Waals surface area (Å²) in [6.45, 7) is 2.23. The van der Waals surface area contributed by atoms with Gasteiger partial charge in [-0.15, -0.1) is 11.3 Å². The molecule has 1 saturated heterocycles. The first-order valence-electron chi connectivity index (χ1n) is 6.82. The van der Waals surface area contributed by atoms with Crippen LogP contribution in [0.1, 0.15) is 22.3 Å². The lowest BCUT2D eigenvalue weighted by Crippen LogP contribution is -2.12. The van der Waals surface area contributed by atoms with Crippen LogP contribution >= 0.6 is 11.3 Å². The van der Waals surface area contributed by atoms with E-state index in [4.69, 9.17) is 0 Å². The highest BCUT2D eigenvalue weighted by molar-refractivity contribution is 7.13. The maximum atomic E-state index is 12.0. The van der Waals surface area contributed by atoms with Crippen molar-refractivity contribution in [1.82, 2.24) is 10.3 Å². The van der Waals surface area contributed by atoms with E-state index in [0.717, 1.165) is 25.4 Å². The van der Waals surface area contributed by atoms with Crippen LogP contribution < -0.4 is 10.6 Å². The lowest BCUT2D eigenvalue weighted by Gasteiger charge is -2.08. The molecule has 0 saturated carbocycles. The smallest absolute Gasteiger partial charge is 0.257 e. The number of nitrogens with zero attached hydrogens (tertiary/aromatic N) is 1. The molecule has 0 spiro atoms. The number of benzene rings is 1. The maximum Gasteiger partial charge on any atom is 0.257 e. The Kier molecular flexibility index (Phi) is 4.08. The average Bonchev–Trinajstić information content (AvgIpc) is 3.13. The van der Waals surface area contributed by atoms with E-state index in [-0.39, 0.29) is 5.91 Å². The lowest BCUT2D eigenvalue weighted by atomic mass is 9.98. The Bertz CT molecular complexity index is 559. The molecule has 4 nitrogen and oxygen atoms in total. The van der Waals surface area contributed by atoms with Crippen LogP contribution in [0.25, 0.3) is 0 Å². The minimum Gasteiger partial charge on any atom is -0.316 e. The zero-order valence-electron chi connectivity index (χ0n) is 11.1. The molecule has 1 unspecified atom stereocenters. The Morgan fingerprint density at radius 2 is 2.25 bits per heavy atom. The van der Waals surface area contributed by atoms with E-state index < -0.39 is 0 Å². The highest BCUT2D eigenvalue weighted by Gasteiger charge is 2.15. The van der Waals surface area contributed by atoms with Gasteiger partial charge in [0.1, 0.15) is 0 Å². The van der Waals surface area contributed by atoms with Crippen LogP contribution in [0.15, 0.2) is 35.8 Å². The third-order valence-electron chi connectivity index (χ3n) is 3.56. The van der Waals surface area contributed by atoms with Crippen molar-refractivity contribution in [3.63, 3.8) is 0 Å². The highest BCUT2D eigenvalue weighted by atomic mass is 32.1. The van der Waals surface area contributed by atoms with Gasteiger partial charge in [-0.3, -0.25) is 10.1 Å². The Morgan fingerprint density at radius 3 is 2.90 bits per heavy atom. The molecule has 2 N–H and O–H groups in total. The minimum atomic E-state index is -0.103. The fraction of sp³-hybridized carbons (Fsp3) is 0.333. The number of rotatable bonds is 4. The summed E-state index contributed by atoms with van der Waals surface area (Å²) in [6, 6.07) is 7.88. The zero-order chi connectivity index (χ0) is 13.8. The Labute approximate surface area is 122 Å². The molecule has 2 aromatic rings. The molecular weight excluding hydrogens is 270 g/mol. The molecule has 2 heterocycles. The van der Waals surface area contributed by atoms with Crippen LogP contribution in [0.3, 0.4) is 0 Å². The molecule has 20 heavy (non-hydrogen) atoms. The summed E-state index contributed by atoms with van der Waals surface area (Å²) >= 11 is 1.42. The van der Waals surface area contributed by atoms with E-state index in [1.165, 1.54) is 23.3 Å². The van der Waals surface area contributed by atoms with Gasteiger partial charge in [-0.05, 0) is 49.5 Å². The first-order valence-corrected chi connectivity index (χ1v) is 7.70. The predicted octanol–water partition coefficient (Wildman–Crippen LogP) is 2.55. The Morgan fingerprint density at radius 1 is 1.40 bits per heavy atom. The van der Waals surface area contributed by atoms with Gasteiger partial charge in [0.25, 0.3) is 5.91 Å². The quantitative estimate of drug-likeness (QED) is 0.908. The number of carbonyl (C=O) groups is 1. The van der Waals surface area contributed by atoms with Gasteiger partial charge in [-0.1, -0.05) is 12.1 Å². The third kappa shape index (κ3) is 3.23. The molecule has 1 amide bonds. The van der Waals surface area contributed by atoms with Crippen molar-refractivity contribution in [2.45, 2.75) is 12.8 Å². The van der Waals surface area contributed by atoms with Crippen LogP contribution in [-0.4, -0.2) is 24.0 Å². The van der Waals surface area contributed by atoms with Gasteiger partial charge < -0.3 is 5.32 Å². The molecule has 1 aliphatic rings. The van der Waals surface area contributed by atoms with Crippen molar-refractivity contribution in [2.24, 2.45) is 5.92 Å². The van der Waals surface area contributed by atoms with E-state index in [2.05, 4.69) is 27.8 Å². The van der Waals surface area contributed by atoms with Crippen LogP contribution in [-0.2, 0) is 6.42 Å². The summed E-state index contributed by atoms with van der Waals surface area (Å²) in [4.78, 5) is 16.1. The van der Waals surface area contributed by atoms with Crippen LogP contribution in [0.5, 0.6) is 0 Å². The molecule has 3 rings (SSSR count). The van der Waals surface area contributed by atoms with Gasteiger partial charge in [-0.2, -0.15) is 0 Å². The monoisotopic (exact) mass is 287 g/mol. The number of aromatic nitrogens is 1. The second-order valence-corrected chi connectivity index (χ2v) is 5.95. The van der Waals surface area contributed by atoms with Gasteiger partial charge in [0.15, 0.2) is 5.13 Å². The van der Waals surface area contributed by atoms with E-state index in [1.54, 1.807) is 6.20 Å². The molecule has 104 valence electrons. The number of hydrogen-bond donors (Lipinski definition) is 2. The summed E-state index contributed by atoms with van der Waals surface area (Å²) < 4.78 is 0. The van der Waals surface area contributed by atoms with Gasteiger partial charge in [0.2, 0.25) is 0 Å². The summed E-state index contributed by atoms with van der Waals surface area (Å²) in [5, 5.41) is 8.64. The maximum absolute atomic E-state index is 12.0. The Balaban J connectivity index is 1.61. The van der Waals surface area contributed by atoms with Crippen molar-refractivity contribution >= 4 is 22.4 Å². The molecule has 5 heteroatoms. The summed E-state index contributed by atoms with van der Waals surface area (Å²) in [6.07, 6.45) is 4.01. The molecule has 1 fully saturated rings. The highest BCUT2D eigenvalue weighted by Crippen LogP contribution is 2.17. The van der Waals surface area contributed by atoms with E-state index in [0.29, 0.717) is 10.7 Å². The summed E-state index contributed by atoms with van der Waals surface area (Å²) in [7, 11) is 0. The van der Waals surface area contributed by atoms with Gasteiger partial charge >= 0.3 is 0 Å². The second-order valence-electron chi connectivity index (χ2n) is 5.05. The molecular formula is C15H17N3OS. The molecule has 0 bridgehead atoms. The molecule has 1 aromatic heterocycles. The van der Waals surface area contributed by atoms with Crippen molar-refractivity contribution in [3.05, 3.63) is 47.0 Å². The number of hydrogen-bond acceptors (Lipinski definition) is 4. The predicted molar refractivity (Wildman–Crippen MR) is 81.2 cm³/mol. The number of amides is 1. The fourth-order valence-corrected chi connectivity index (χ4v) is 2.99. The number of anilines is 1. The first kappa shape index (κ1) is 13.3. The van der Waals surface area contributed by atoms with Crippen molar-refractivity contribution < 1.29 is 4.79 Å². The zero-order valence-corrected chi connectivity index (χ0v) is 12.0. The summed E-state index contributed by atoms with van der Waals surface area (Å²) in [5.74, 6) is 0.624. The summed E-state index contributed by atoms with van der Waals surface area (Å²) in [5.41, 5.74) is 1.97. The average molecular weight is 287 g/mol. The normalized spacial score (nSPS) is 18.1. The first-order chi connectivity index (χ1) is 9.81. The number of carbonyl (C=O) groups excluding carboxylic acids is 1. The van der Waals surface area contributed by atoms with Crippen LogP contribution in [0, 0.1) is 5.92 Å². The Hall–Kier alpha value is -1.72. The van der Waals surface area contributed by atoms with Crippen molar-refractivity contribution in [1.29, 1.82) is 0 Å². The molecule has 1 atom stereocenters. The van der Waals surface area contributed by atoms with Gasteiger partial charge in [-0.25, -0.2) is 4.98 Å². The second kappa shape index (κ2) is 6.15. The van der Waals surface area contributed by atoms with E-state index >= 15 is 0 Å². The number of nitrogens with one attached hydrogen (secondary N) is 2. The van der Waals surface area contributed by atoms with Gasteiger partial charge in [0.05, 0.1) is 0 Å². The van der Waals surface area contributed by atoms with E-state index in [1.807, 2.05) is 17.5 Å². The molecule has 1 aliphatic heterocycles. The van der Waals surface area contributed by atoms with Crippen molar-refractivity contribution in [3.8, 4) is 0 Å². The molecule has 0 radical (unpaired) electrons. The third-order valence-corrected chi connectivity index (χ3v) is 4.24. The van der Waals surface area contributed by atoms with Crippen molar-refractivity contribution in [2.75, 3.05) is 18.4 Å². The SMILES string of the molecule is O=C(Nc1nccs1)c1ccc(CC2CCNC2)cc1. The van der Waals surface area contributed by atoms with Gasteiger partial charge in [0, 0.05) is 17.1 Å². The lowest BCUT2D eigenvalue weighted by molar-refractivity contribution is 0.102. The van der Waals surface area contributed by atoms with Crippen LogP contribution in [0.2, 0.25) is 0 Å². The molecule has 0 aliphatic carbocycles. The number of thiazole rings is 1. The minimum absolute atomic E-state index is 0.103. The fourth-order valence-electron chi connectivity index (χ4n) is 2.47.